The van der Waals surface area contributed by atoms with Gasteiger partial charge in [-0.15, -0.1) is 0 Å². The summed E-state index contributed by atoms with van der Waals surface area (Å²) in [5, 5.41) is 3.45. The highest BCUT2D eigenvalue weighted by atomic mass is 79.9. The molecule has 1 aliphatic heterocycles. The van der Waals surface area contributed by atoms with E-state index < -0.39 is 0 Å². The SMILES string of the molecule is Brc1ccc(COC2CNCC[C@@H]2c2ccccc2)cc1. The Morgan fingerprint density at radius 1 is 1.05 bits per heavy atom. The highest BCUT2D eigenvalue weighted by Crippen LogP contribution is 2.28. The molecule has 1 unspecified atom stereocenters. The minimum atomic E-state index is 0.241. The molecule has 0 amide bonds. The number of hydrogen-bond acceptors (Lipinski definition) is 2. The van der Waals surface area contributed by atoms with E-state index in [0.29, 0.717) is 12.5 Å². The highest BCUT2D eigenvalue weighted by molar-refractivity contribution is 9.10. The maximum atomic E-state index is 6.20. The Labute approximate surface area is 134 Å². The molecule has 2 aromatic rings. The average Bonchev–Trinajstić information content (AvgIpc) is 2.55. The Balaban J connectivity index is 1.66. The standard InChI is InChI=1S/C18H20BrNO/c19-16-8-6-14(7-9-16)13-21-18-12-20-11-10-17(18)15-4-2-1-3-5-15/h1-9,17-18,20H,10-13H2/t17-,18?/m1/s1. The normalized spacial score (nSPS) is 22.1. The van der Waals surface area contributed by atoms with E-state index in [9.17, 15) is 0 Å². The molecule has 0 saturated carbocycles. The predicted molar refractivity (Wildman–Crippen MR) is 89.4 cm³/mol. The molecule has 0 aliphatic carbocycles. The molecule has 1 N–H and O–H groups in total. The number of piperidine rings is 1. The van der Waals surface area contributed by atoms with Gasteiger partial charge in [-0.05, 0) is 36.2 Å². The maximum absolute atomic E-state index is 6.20. The molecule has 21 heavy (non-hydrogen) atoms. The summed E-state index contributed by atoms with van der Waals surface area (Å²) in [6.45, 7) is 2.66. The van der Waals surface area contributed by atoms with Crippen LogP contribution in [0.5, 0.6) is 0 Å². The molecule has 110 valence electrons. The van der Waals surface area contributed by atoms with Gasteiger partial charge < -0.3 is 10.1 Å². The fourth-order valence-electron chi connectivity index (χ4n) is 2.87. The first kappa shape index (κ1) is 14.8. The van der Waals surface area contributed by atoms with Crippen molar-refractivity contribution >= 4 is 15.9 Å². The van der Waals surface area contributed by atoms with Gasteiger partial charge in [0.25, 0.3) is 0 Å². The van der Waals surface area contributed by atoms with Crippen molar-refractivity contribution in [2.75, 3.05) is 13.1 Å². The highest BCUT2D eigenvalue weighted by Gasteiger charge is 2.26. The fraction of sp³-hybridized carbons (Fsp3) is 0.333. The molecule has 1 aliphatic rings. The summed E-state index contributed by atoms with van der Waals surface area (Å²) in [6.07, 6.45) is 1.37. The molecular weight excluding hydrogens is 326 g/mol. The van der Waals surface area contributed by atoms with Gasteiger partial charge in [-0.3, -0.25) is 0 Å². The van der Waals surface area contributed by atoms with Gasteiger partial charge in [-0.2, -0.15) is 0 Å². The summed E-state index contributed by atoms with van der Waals surface area (Å²) in [5.41, 5.74) is 2.61. The first-order valence-electron chi connectivity index (χ1n) is 7.44. The van der Waals surface area contributed by atoms with Crippen LogP contribution in [0.2, 0.25) is 0 Å². The van der Waals surface area contributed by atoms with Crippen molar-refractivity contribution in [2.24, 2.45) is 0 Å². The Kier molecular flexibility index (Phi) is 5.07. The van der Waals surface area contributed by atoms with Gasteiger partial charge in [-0.1, -0.05) is 58.4 Å². The van der Waals surface area contributed by atoms with E-state index in [-0.39, 0.29) is 6.10 Å². The van der Waals surface area contributed by atoms with Crippen molar-refractivity contribution in [3.05, 3.63) is 70.2 Å². The zero-order valence-electron chi connectivity index (χ0n) is 12.0. The monoisotopic (exact) mass is 345 g/mol. The molecule has 0 bridgehead atoms. The largest absolute Gasteiger partial charge is 0.372 e. The van der Waals surface area contributed by atoms with Crippen molar-refractivity contribution in [1.82, 2.24) is 5.32 Å². The molecule has 0 aromatic heterocycles. The van der Waals surface area contributed by atoms with E-state index in [4.69, 9.17) is 4.74 Å². The van der Waals surface area contributed by atoms with Gasteiger partial charge in [0.2, 0.25) is 0 Å². The van der Waals surface area contributed by atoms with Crippen LogP contribution in [0, 0.1) is 0 Å². The Morgan fingerprint density at radius 3 is 2.57 bits per heavy atom. The lowest BCUT2D eigenvalue weighted by Crippen LogP contribution is -2.40. The lowest BCUT2D eigenvalue weighted by Gasteiger charge is -2.32. The summed E-state index contributed by atoms with van der Waals surface area (Å²) in [7, 11) is 0. The van der Waals surface area contributed by atoms with Crippen LogP contribution in [0.1, 0.15) is 23.5 Å². The second-order valence-corrected chi connectivity index (χ2v) is 6.40. The van der Waals surface area contributed by atoms with Crippen LogP contribution in [0.3, 0.4) is 0 Å². The van der Waals surface area contributed by atoms with Gasteiger partial charge in [0.1, 0.15) is 0 Å². The number of nitrogens with one attached hydrogen (secondary N) is 1. The number of rotatable bonds is 4. The molecule has 0 radical (unpaired) electrons. The Bertz CT molecular complexity index is 555. The lowest BCUT2D eigenvalue weighted by atomic mass is 9.88. The lowest BCUT2D eigenvalue weighted by molar-refractivity contribution is 0.0106. The third-order valence-corrected chi connectivity index (χ3v) is 4.56. The predicted octanol–water partition coefficient (Wildman–Crippen LogP) is 4.11. The smallest absolute Gasteiger partial charge is 0.0772 e. The van der Waals surface area contributed by atoms with Crippen LogP contribution in [0.15, 0.2) is 59.1 Å². The van der Waals surface area contributed by atoms with E-state index in [0.717, 1.165) is 24.0 Å². The van der Waals surface area contributed by atoms with Gasteiger partial charge >= 0.3 is 0 Å². The van der Waals surface area contributed by atoms with Crippen molar-refractivity contribution in [2.45, 2.75) is 25.0 Å². The van der Waals surface area contributed by atoms with Gasteiger partial charge in [-0.25, -0.2) is 0 Å². The molecule has 1 fully saturated rings. The molecule has 2 nitrogen and oxygen atoms in total. The van der Waals surface area contributed by atoms with E-state index in [1.165, 1.54) is 11.1 Å². The van der Waals surface area contributed by atoms with Gasteiger partial charge in [0, 0.05) is 16.9 Å². The van der Waals surface area contributed by atoms with E-state index >= 15 is 0 Å². The number of ether oxygens (including phenoxy) is 1. The Hall–Kier alpha value is -1.16. The quantitative estimate of drug-likeness (QED) is 0.900. The molecule has 1 heterocycles. The van der Waals surface area contributed by atoms with Crippen LogP contribution >= 0.6 is 15.9 Å². The summed E-state index contributed by atoms with van der Waals surface area (Å²) in [6, 6.07) is 19.1. The van der Waals surface area contributed by atoms with Crippen molar-refractivity contribution in [1.29, 1.82) is 0 Å². The molecular formula is C18H20BrNO. The molecule has 2 aromatic carbocycles. The Morgan fingerprint density at radius 2 is 1.81 bits per heavy atom. The topological polar surface area (TPSA) is 21.3 Å². The van der Waals surface area contributed by atoms with Gasteiger partial charge in [0.05, 0.1) is 12.7 Å². The minimum absolute atomic E-state index is 0.241. The average molecular weight is 346 g/mol. The van der Waals surface area contributed by atoms with Crippen molar-refractivity contribution < 1.29 is 4.74 Å². The second-order valence-electron chi connectivity index (χ2n) is 5.49. The molecule has 2 atom stereocenters. The zero-order chi connectivity index (χ0) is 14.5. The van der Waals surface area contributed by atoms with Crippen LogP contribution in [0.4, 0.5) is 0 Å². The molecule has 0 spiro atoms. The molecule has 3 heteroatoms. The maximum Gasteiger partial charge on any atom is 0.0772 e. The third-order valence-electron chi connectivity index (χ3n) is 4.03. The second kappa shape index (κ2) is 7.21. The summed E-state index contributed by atoms with van der Waals surface area (Å²) < 4.78 is 7.30. The third kappa shape index (κ3) is 3.94. The summed E-state index contributed by atoms with van der Waals surface area (Å²) in [4.78, 5) is 0. The van der Waals surface area contributed by atoms with E-state index in [1.54, 1.807) is 0 Å². The zero-order valence-corrected chi connectivity index (χ0v) is 13.6. The summed E-state index contributed by atoms with van der Waals surface area (Å²) >= 11 is 3.46. The fourth-order valence-corrected chi connectivity index (χ4v) is 3.13. The number of halogens is 1. The van der Waals surface area contributed by atoms with Crippen molar-refractivity contribution in [3.8, 4) is 0 Å². The minimum Gasteiger partial charge on any atom is -0.372 e. The van der Waals surface area contributed by atoms with Crippen LogP contribution in [-0.2, 0) is 11.3 Å². The molecule has 1 saturated heterocycles. The van der Waals surface area contributed by atoms with Crippen LogP contribution in [0.25, 0.3) is 0 Å². The van der Waals surface area contributed by atoms with Crippen LogP contribution in [-0.4, -0.2) is 19.2 Å². The van der Waals surface area contributed by atoms with E-state index in [1.807, 2.05) is 0 Å². The van der Waals surface area contributed by atoms with E-state index in [2.05, 4.69) is 75.8 Å². The number of benzene rings is 2. The number of hydrogen-bond donors (Lipinski definition) is 1. The van der Waals surface area contributed by atoms with Crippen LogP contribution < -0.4 is 5.32 Å². The molecule has 3 rings (SSSR count). The van der Waals surface area contributed by atoms with Gasteiger partial charge in [0.15, 0.2) is 0 Å². The summed E-state index contributed by atoms with van der Waals surface area (Å²) in [5.74, 6) is 0.489. The first-order valence-corrected chi connectivity index (χ1v) is 8.24. The first-order chi connectivity index (χ1) is 10.3. The van der Waals surface area contributed by atoms with Crippen molar-refractivity contribution in [3.63, 3.8) is 0 Å².